The maximum absolute atomic E-state index is 13.2. The maximum Gasteiger partial charge on any atom is 0.243 e. The average molecular weight is 404 g/mol. The number of amides is 1. The van der Waals surface area contributed by atoms with Crippen molar-refractivity contribution in [2.45, 2.75) is 30.7 Å². The van der Waals surface area contributed by atoms with E-state index < -0.39 is 16.1 Å². The molecular weight excluding hydrogens is 380 g/mol. The van der Waals surface area contributed by atoms with Gasteiger partial charge in [-0.3, -0.25) is 4.79 Å². The highest BCUT2D eigenvalue weighted by Gasteiger charge is 2.39. The number of methoxy groups -OCH3 is 2. The lowest BCUT2D eigenvalue weighted by Gasteiger charge is -2.24. The zero-order valence-corrected chi connectivity index (χ0v) is 17.0. The van der Waals surface area contributed by atoms with Crippen LogP contribution in [0.15, 0.2) is 47.4 Å². The molecular formula is C20H24N2O5S. The summed E-state index contributed by atoms with van der Waals surface area (Å²) in [6.07, 6.45) is 1.10. The van der Waals surface area contributed by atoms with Crippen LogP contribution in [0.25, 0.3) is 0 Å². The molecule has 1 N–H and O–H groups in total. The van der Waals surface area contributed by atoms with Crippen molar-refractivity contribution in [2.75, 3.05) is 26.1 Å². The molecule has 0 saturated carbocycles. The number of benzene rings is 2. The first-order valence-corrected chi connectivity index (χ1v) is 10.4. The number of hydrogen-bond acceptors (Lipinski definition) is 5. The molecule has 1 aliphatic heterocycles. The Morgan fingerprint density at radius 3 is 2.54 bits per heavy atom. The number of ether oxygens (including phenoxy) is 2. The second-order valence-corrected chi connectivity index (χ2v) is 8.54. The average Bonchev–Trinajstić information content (AvgIpc) is 3.18. The van der Waals surface area contributed by atoms with Crippen LogP contribution in [0.5, 0.6) is 11.5 Å². The number of aryl methyl sites for hydroxylation is 1. The van der Waals surface area contributed by atoms with Crippen molar-refractivity contribution in [1.29, 1.82) is 0 Å². The summed E-state index contributed by atoms with van der Waals surface area (Å²) in [7, 11) is -0.923. The molecule has 0 unspecified atom stereocenters. The van der Waals surface area contributed by atoms with Gasteiger partial charge in [-0.15, -0.1) is 0 Å². The summed E-state index contributed by atoms with van der Waals surface area (Å²) in [5, 5.41) is 2.83. The SMILES string of the molecule is COc1ccc(S(=O)(=O)N2CCC[C@H]2C(=O)Nc2cccc(C)c2)cc1OC. The summed E-state index contributed by atoms with van der Waals surface area (Å²) >= 11 is 0. The fourth-order valence-electron chi connectivity index (χ4n) is 3.35. The van der Waals surface area contributed by atoms with E-state index in [2.05, 4.69) is 5.32 Å². The van der Waals surface area contributed by atoms with Gasteiger partial charge in [0, 0.05) is 18.3 Å². The molecule has 0 spiro atoms. The molecule has 0 aromatic heterocycles. The third-order valence-corrected chi connectivity index (χ3v) is 6.66. The monoisotopic (exact) mass is 404 g/mol. The van der Waals surface area contributed by atoms with Crippen LogP contribution in [0.3, 0.4) is 0 Å². The minimum Gasteiger partial charge on any atom is -0.493 e. The Bertz CT molecular complexity index is 974. The molecule has 7 nitrogen and oxygen atoms in total. The zero-order chi connectivity index (χ0) is 20.3. The lowest BCUT2D eigenvalue weighted by atomic mass is 10.2. The predicted octanol–water partition coefficient (Wildman–Crippen LogP) is 2.80. The zero-order valence-electron chi connectivity index (χ0n) is 16.1. The number of rotatable bonds is 6. The highest BCUT2D eigenvalue weighted by atomic mass is 32.2. The summed E-state index contributed by atoms with van der Waals surface area (Å²) in [4.78, 5) is 12.8. The molecule has 1 saturated heterocycles. The van der Waals surface area contributed by atoms with Gasteiger partial charge >= 0.3 is 0 Å². The van der Waals surface area contributed by atoms with Crippen molar-refractivity contribution in [1.82, 2.24) is 4.31 Å². The Labute approximate surface area is 165 Å². The Kier molecular flexibility index (Phi) is 5.90. The Balaban J connectivity index is 1.85. The van der Waals surface area contributed by atoms with Gasteiger partial charge in [0.2, 0.25) is 15.9 Å². The first-order chi connectivity index (χ1) is 13.4. The highest BCUT2D eigenvalue weighted by molar-refractivity contribution is 7.89. The smallest absolute Gasteiger partial charge is 0.243 e. The molecule has 1 amide bonds. The van der Waals surface area contributed by atoms with Gasteiger partial charge in [0.15, 0.2) is 11.5 Å². The van der Waals surface area contributed by atoms with Crippen LogP contribution in [0.1, 0.15) is 18.4 Å². The van der Waals surface area contributed by atoms with E-state index in [1.165, 1.54) is 30.7 Å². The summed E-state index contributed by atoms with van der Waals surface area (Å²) in [5.41, 5.74) is 1.67. The molecule has 150 valence electrons. The first kappa shape index (κ1) is 20.2. The van der Waals surface area contributed by atoms with Gasteiger partial charge in [-0.2, -0.15) is 4.31 Å². The normalized spacial score (nSPS) is 17.3. The summed E-state index contributed by atoms with van der Waals surface area (Å²) in [6.45, 7) is 2.22. The fourth-order valence-corrected chi connectivity index (χ4v) is 5.02. The molecule has 0 radical (unpaired) electrons. The van der Waals surface area contributed by atoms with Crippen LogP contribution in [-0.4, -0.2) is 45.4 Å². The maximum atomic E-state index is 13.2. The minimum atomic E-state index is -3.85. The van der Waals surface area contributed by atoms with Crippen LogP contribution in [0.2, 0.25) is 0 Å². The molecule has 2 aromatic carbocycles. The second kappa shape index (κ2) is 8.20. The quantitative estimate of drug-likeness (QED) is 0.800. The van der Waals surface area contributed by atoms with Gasteiger partial charge in [0.05, 0.1) is 19.1 Å². The lowest BCUT2D eigenvalue weighted by Crippen LogP contribution is -2.43. The number of carbonyl (C=O) groups excluding carboxylic acids is 1. The largest absolute Gasteiger partial charge is 0.493 e. The molecule has 1 atom stereocenters. The van der Waals surface area contributed by atoms with Gasteiger partial charge in [-0.25, -0.2) is 8.42 Å². The Hall–Kier alpha value is -2.58. The standard InChI is InChI=1S/C20H24N2O5S/c1-14-6-4-7-15(12-14)21-20(23)17-8-5-11-22(17)28(24,25)16-9-10-18(26-2)19(13-16)27-3/h4,6-7,9-10,12-13,17H,5,8,11H2,1-3H3,(H,21,23)/t17-/m0/s1. The van der Waals surface area contributed by atoms with Crippen molar-refractivity contribution >= 4 is 21.6 Å². The minimum absolute atomic E-state index is 0.0698. The third-order valence-electron chi connectivity index (χ3n) is 4.75. The van der Waals surface area contributed by atoms with Gasteiger partial charge < -0.3 is 14.8 Å². The predicted molar refractivity (Wildman–Crippen MR) is 106 cm³/mol. The summed E-state index contributed by atoms with van der Waals surface area (Å²) in [6, 6.07) is 11.1. The van der Waals surface area contributed by atoms with Crippen molar-refractivity contribution in [3.63, 3.8) is 0 Å². The molecule has 8 heteroatoms. The van der Waals surface area contributed by atoms with E-state index in [1.54, 1.807) is 12.1 Å². The topological polar surface area (TPSA) is 84.9 Å². The highest BCUT2D eigenvalue weighted by Crippen LogP contribution is 2.33. The van der Waals surface area contributed by atoms with E-state index in [-0.39, 0.29) is 10.8 Å². The molecule has 1 aliphatic rings. The summed E-state index contributed by atoms with van der Waals surface area (Å²) < 4.78 is 38.0. The van der Waals surface area contributed by atoms with Gasteiger partial charge in [0.1, 0.15) is 6.04 Å². The van der Waals surface area contributed by atoms with Crippen LogP contribution in [-0.2, 0) is 14.8 Å². The lowest BCUT2D eigenvalue weighted by molar-refractivity contribution is -0.119. The van der Waals surface area contributed by atoms with Crippen molar-refractivity contribution < 1.29 is 22.7 Å². The number of carbonyl (C=O) groups is 1. The van der Waals surface area contributed by atoms with E-state index >= 15 is 0 Å². The number of hydrogen-bond donors (Lipinski definition) is 1. The number of sulfonamides is 1. The van der Waals surface area contributed by atoms with Crippen LogP contribution >= 0.6 is 0 Å². The van der Waals surface area contributed by atoms with Crippen LogP contribution in [0, 0.1) is 6.92 Å². The van der Waals surface area contributed by atoms with Gasteiger partial charge in [0.25, 0.3) is 0 Å². The van der Waals surface area contributed by atoms with E-state index in [0.717, 1.165) is 5.56 Å². The first-order valence-electron chi connectivity index (χ1n) is 8.98. The van der Waals surface area contributed by atoms with E-state index in [4.69, 9.17) is 9.47 Å². The summed E-state index contributed by atoms with van der Waals surface area (Å²) in [5.74, 6) is 0.437. The number of nitrogens with zero attached hydrogens (tertiary/aromatic N) is 1. The second-order valence-electron chi connectivity index (χ2n) is 6.65. The molecule has 1 fully saturated rings. The van der Waals surface area contributed by atoms with Crippen LogP contribution in [0.4, 0.5) is 5.69 Å². The molecule has 3 rings (SSSR count). The van der Waals surface area contributed by atoms with Crippen molar-refractivity contribution in [2.24, 2.45) is 0 Å². The van der Waals surface area contributed by atoms with E-state index in [1.807, 2.05) is 25.1 Å². The fraction of sp³-hybridized carbons (Fsp3) is 0.350. The molecule has 28 heavy (non-hydrogen) atoms. The third kappa shape index (κ3) is 3.98. The van der Waals surface area contributed by atoms with Gasteiger partial charge in [-0.1, -0.05) is 12.1 Å². The molecule has 0 bridgehead atoms. The Morgan fingerprint density at radius 2 is 1.86 bits per heavy atom. The van der Waals surface area contributed by atoms with E-state index in [9.17, 15) is 13.2 Å². The van der Waals surface area contributed by atoms with E-state index in [0.29, 0.717) is 36.6 Å². The van der Waals surface area contributed by atoms with Gasteiger partial charge in [-0.05, 0) is 49.6 Å². The molecule has 0 aliphatic carbocycles. The van der Waals surface area contributed by atoms with Crippen molar-refractivity contribution in [3.8, 4) is 11.5 Å². The van der Waals surface area contributed by atoms with Crippen LogP contribution < -0.4 is 14.8 Å². The van der Waals surface area contributed by atoms with Crippen molar-refractivity contribution in [3.05, 3.63) is 48.0 Å². The molecule has 2 aromatic rings. The number of anilines is 1. The molecule has 1 heterocycles. The Morgan fingerprint density at radius 1 is 1.11 bits per heavy atom. The number of nitrogens with one attached hydrogen (secondary N) is 1.